The van der Waals surface area contributed by atoms with Crippen LogP contribution in [0.1, 0.15) is 6.92 Å². The zero-order valence-electron chi connectivity index (χ0n) is 14.5. The molecule has 0 bridgehead atoms. The third-order valence-electron chi connectivity index (χ3n) is 5.00. The number of hydrogen-bond acceptors (Lipinski definition) is 5. The first-order valence-electron chi connectivity index (χ1n) is 8.48. The van der Waals surface area contributed by atoms with Crippen molar-refractivity contribution in [2.75, 3.05) is 52.9 Å². The summed E-state index contributed by atoms with van der Waals surface area (Å²) in [5, 5.41) is 0.606. The van der Waals surface area contributed by atoms with Crippen molar-refractivity contribution in [2.24, 2.45) is 0 Å². The first kappa shape index (κ1) is 19.4. The highest BCUT2D eigenvalue weighted by Crippen LogP contribution is 2.30. The van der Waals surface area contributed by atoms with Crippen molar-refractivity contribution in [3.05, 3.63) is 28.2 Å². The van der Waals surface area contributed by atoms with Gasteiger partial charge in [-0.15, -0.1) is 0 Å². The Morgan fingerprint density at radius 1 is 1.04 bits per heavy atom. The molecule has 1 unspecified atom stereocenters. The minimum Gasteiger partial charge on any atom is -0.301 e. The van der Waals surface area contributed by atoms with E-state index < -0.39 is 10.0 Å². The third kappa shape index (κ3) is 3.83. The third-order valence-corrected chi connectivity index (χ3v) is 7.58. The van der Waals surface area contributed by atoms with Gasteiger partial charge in [0.1, 0.15) is 6.29 Å². The maximum atomic E-state index is 13.2. The lowest BCUT2D eigenvalue weighted by atomic mass is 10.3. The van der Waals surface area contributed by atoms with Gasteiger partial charge in [0.25, 0.3) is 0 Å². The van der Waals surface area contributed by atoms with Crippen molar-refractivity contribution < 1.29 is 8.42 Å². The molecule has 25 heavy (non-hydrogen) atoms. The number of halogens is 2. The Labute approximate surface area is 159 Å². The monoisotopic (exact) mass is 406 g/mol. The van der Waals surface area contributed by atoms with Gasteiger partial charge in [-0.1, -0.05) is 30.1 Å². The lowest BCUT2D eigenvalue weighted by molar-refractivity contribution is 0.000752. The normalized spacial score (nSPS) is 24.9. The van der Waals surface area contributed by atoms with Crippen LogP contribution in [0, 0.1) is 0 Å². The van der Waals surface area contributed by atoms with Crippen LogP contribution in [0.5, 0.6) is 0 Å². The Hall–Kier alpha value is -0.410. The zero-order valence-corrected chi connectivity index (χ0v) is 16.9. The predicted molar refractivity (Wildman–Crippen MR) is 100 cm³/mol. The minimum atomic E-state index is -3.64. The number of nitrogens with zero attached hydrogens (tertiary/aromatic N) is 4. The molecule has 140 valence electrons. The molecule has 2 saturated heterocycles. The van der Waals surface area contributed by atoms with Crippen LogP contribution in [-0.2, 0) is 10.0 Å². The van der Waals surface area contributed by atoms with Gasteiger partial charge >= 0.3 is 0 Å². The highest BCUT2D eigenvalue weighted by Gasteiger charge is 2.42. The molecule has 0 N–H and O–H groups in total. The summed E-state index contributed by atoms with van der Waals surface area (Å²) < 4.78 is 27.9. The van der Waals surface area contributed by atoms with E-state index in [1.807, 2.05) is 7.05 Å². The van der Waals surface area contributed by atoms with E-state index in [2.05, 4.69) is 21.6 Å². The molecule has 2 aliphatic rings. The van der Waals surface area contributed by atoms with E-state index in [-0.39, 0.29) is 16.2 Å². The summed E-state index contributed by atoms with van der Waals surface area (Å²) in [5.74, 6) is 0. The van der Waals surface area contributed by atoms with Crippen LogP contribution >= 0.6 is 23.2 Å². The van der Waals surface area contributed by atoms with E-state index in [1.54, 1.807) is 4.31 Å². The summed E-state index contributed by atoms with van der Waals surface area (Å²) in [6, 6.07) is 4.49. The Morgan fingerprint density at radius 3 is 2.32 bits per heavy atom. The molecule has 0 aliphatic carbocycles. The molecular formula is C16H24Cl2N4O2S. The maximum Gasteiger partial charge on any atom is 0.245 e. The summed E-state index contributed by atoms with van der Waals surface area (Å²) in [5.41, 5.74) is 0. The second-order valence-electron chi connectivity index (χ2n) is 6.49. The van der Waals surface area contributed by atoms with Gasteiger partial charge < -0.3 is 4.90 Å². The van der Waals surface area contributed by atoms with Crippen molar-refractivity contribution in [1.82, 2.24) is 19.0 Å². The van der Waals surface area contributed by atoms with Gasteiger partial charge in [0.05, 0.1) is 14.9 Å². The Morgan fingerprint density at radius 2 is 1.72 bits per heavy atom. The lowest BCUT2D eigenvalue weighted by Gasteiger charge is -2.42. The van der Waals surface area contributed by atoms with Crippen LogP contribution in [-0.4, -0.2) is 86.6 Å². The summed E-state index contributed by atoms with van der Waals surface area (Å²) in [4.78, 5) is 6.91. The molecule has 2 aliphatic heterocycles. The number of piperazine rings is 1. The fourth-order valence-electron chi connectivity index (χ4n) is 3.50. The largest absolute Gasteiger partial charge is 0.301 e. The first-order valence-corrected chi connectivity index (χ1v) is 10.7. The topological polar surface area (TPSA) is 47.1 Å². The predicted octanol–water partition coefficient (Wildman–Crippen LogP) is 1.85. The molecule has 0 amide bonds. The van der Waals surface area contributed by atoms with Crippen LogP contribution in [0.2, 0.25) is 10.0 Å². The van der Waals surface area contributed by atoms with Gasteiger partial charge in [0.2, 0.25) is 10.0 Å². The van der Waals surface area contributed by atoms with E-state index in [9.17, 15) is 8.42 Å². The van der Waals surface area contributed by atoms with E-state index in [4.69, 9.17) is 23.2 Å². The molecule has 9 heteroatoms. The molecule has 1 atom stereocenters. The van der Waals surface area contributed by atoms with Crippen molar-refractivity contribution >= 4 is 33.2 Å². The van der Waals surface area contributed by atoms with Crippen molar-refractivity contribution in [1.29, 1.82) is 0 Å². The first-order chi connectivity index (χ1) is 11.8. The number of rotatable bonds is 4. The number of benzene rings is 1. The number of sulfonamides is 1. The van der Waals surface area contributed by atoms with Crippen molar-refractivity contribution in [3.63, 3.8) is 0 Å². The van der Waals surface area contributed by atoms with Crippen LogP contribution in [0.15, 0.2) is 23.1 Å². The maximum absolute atomic E-state index is 13.2. The van der Waals surface area contributed by atoms with E-state index >= 15 is 0 Å². The second-order valence-corrected chi connectivity index (χ2v) is 9.19. The fraction of sp³-hybridized carbons (Fsp3) is 0.625. The highest BCUT2D eigenvalue weighted by molar-refractivity contribution is 7.89. The summed E-state index contributed by atoms with van der Waals surface area (Å²) in [6.45, 7) is 7.99. The molecule has 0 spiro atoms. The average molecular weight is 407 g/mol. The molecule has 3 rings (SSSR count). The van der Waals surface area contributed by atoms with Gasteiger partial charge in [-0.2, -0.15) is 4.31 Å². The van der Waals surface area contributed by atoms with Gasteiger partial charge in [-0.25, -0.2) is 8.42 Å². The quantitative estimate of drug-likeness (QED) is 0.763. The van der Waals surface area contributed by atoms with Gasteiger partial charge in [-0.05, 0) is 31.8 Å². The van der Waals surface area contributed by atoms with Crippen molar-refractivity contribution in [3.8, 4) is 0 Å². The SMILES string of the molecule is CCN1CCN(C2N(C)CCN2S(=O)(=O)c2ccc(Cl)c(Cl)c2)CC1. The van der Waals surface area contributed by atoms with E-state index in [1.165, 1.54) is 18.2 Å². The van der Waals surface area contributed by atoms with Crippen LogP contribution in [0.4, 0.5) is 0 Å². The molecule has 2 fully saturated rings. The summed E-state index contributed by atoms with van der Waals surface area (Å²) >= 11 is 12.0. The zero-order chi connectivity index (χ0) is 18.2. The van der Waals surface area contributed by atoms with Gasteiger partial charge in [0.15, 0.2) is 0 Å². The van der Waals surface area contributed by atoms with E-state index in [0.29, 0.717) is 18.1 Å². The summed E-state index contributed by atoms with van der Waals surface area (Å²) in [6.07, 6.45) is -0.251. The molecule has 6 nitrogen and oxygen atoms in total. The molecule has 0 aromatic heterocycles. The van der Waals surface area contributed by atoms with Gasteiger partial charge in [0, 0.05) is 39.3 Å². The Kier molecular flexibility index (Phi) is 5.95. The van der Waals surface area contributed by atoms with Crippen LogP contribution < -0.4 is 0 Å². The number of likely N-dealkylation sites (N-methyl/N-ethyl adjacent to an activating group) is 2. The fourth-order valence-corrected chi connectivity index (χ4v) is 5.50. The van der Waals surface area contributed by atoms with Crippen LogP contribution in [0.3, 0.4) is 0 Å². The Balaban J connectivity index is 1.85. The minimum absolute atomic E-state index is 0.189. The average Bonchev–Trinajstić information content (AvgIpc) is 2.99. The molecule has 0 radical (unpaired) electrons. The van der Waals surface area contributed by atoms with E-state index in [0.717, 1.165) is 32.7 Å². The second kappa shape index (κ2) is 7.68. The molecular weight excluding hydrogens is 383 g/mol. The highest BCUT2D eigenvalue weighted by atomic mass is 35.5. The lowest BCUT2D eigenvalue weighted by Crippen LogP contribution is -2.58. The molecule has 2 heterocycles. The molecule has 0 saturated carbocycles. The molecule has 1 aromatic rings. The summed E-state index contributed by atoms with van der Waals surface area (Å²) in [7, 11) is -1.66. The smallest absolute Gasteiger partial charge is 0.245 e. The molecule has 1 aromatic carbocycles. The van der Waals surface area contributed by atoms with Gasteiger partial charge in [-0.3, -0.25) is 9.80 Å². The van der Waals surface area contributed by atoms with Crippen LogP contribution in [0.25, 0.3) is 0 Å². The standard InChI is InChI=1S/C16H24Cl2N4O2S/c1-3-20-7-9-21(10-8-20)16-19(2)6-11-22(16)25(23,24)13-4-5-14(17)15(18)12-13/h4-5,12,16H,3,6-11H2,1-2H3. The Bertz CT molecular complexity index is 723. The van der Waals surface area contributed by atoms with Crippen molar-refractivity contribution in [2.45, 2.75) is 18.1 Å². The number of hydrogen-bond donors (Lipinski definition) is 0.